The van der Waals surface area contributed by atoms with E-state index in [1.807, 2.05) is 0 Å². The zero-order chi connectivity index (χ0) is 8.66. The Morgan fingerprint density at radius 1 is 1.25 bits per heavy atom. The molecule has 1 heterocycles. The first-order valence-electron chi connectivity index (χ1n) is 4.51. The highest BCUT2D eigenvalue weighted by atomic mass is 16.5. The van der Waals surface area contributed by atoms with E-state index in [4.69, 9.17) is 10.5 Å². The normalized spacial score (nSPS) is 31.1. The minimum atomic E-state index is -0.503. The quantitative estimate of drug-likeness (QED) is 0.581. The Labute approximate surface area is 72.3 Å². The van der Waals surface area contributed by atoms with Gasteiger partial charge in [-0.1, -0.05) is 0 Å². The highest BCUT2D eigenvalue weighted by Crippen LogP contribution is 2.52. The van der Waals surface area contributed by atoms with Crippen LogP contribution in [0, 0.1) is 5.41 Å². The highest BCUT2D eigenvalue weighted by molar-refractivity contribution is 5.66. The van der Waals surface area contributed by atoms with Crippen LogP contribution in [0.1, 0.15) is 25.7 Å². The van der Waals surface area contributed by atoms with Gasteiger partial charge in [-0.2, -0.15) is 0 Å². The molecule has 3 nitrogen and oxygen atoms in total. The SMILES string of the molecule is NC1(C=O)CC2(CCOCC2)C1. The number of aldehydes is 1. The summed E-state index contributed by atoms with van der Waals surface area (Å²) in [6, 6.07) is 0. The van der Waals surface area contributed by atoms with Crippen LogP contribution in [0.2, 0.25) is 0 Å². The van der Waals surface area contributed by atoms with E-state index in [1.165, 1.54) is 0 Å². The van der Waals surface area contributed by atoms with Crippen LogP contribution < -0.4 is 5.73 Å². The van der Waals surface area contributed by atoms with Crippen LogP contribution in [-0.2, 0) is 9.53 Å². The molecule has 0 atom stereocenters. The average molecular weight is 169 g/mol. The molecule has 0 amide bonds. The summed E-state index contributed by atoms with van der Waals surface area (Å²) in [5.74, 6) is 0. The Hall–Kier alpha value is -0.410. The van der Waals surface area contributed by atoms with Gasteiger partial charge in [0.1, 0.15) is 6.29 Å². The van der Waals surface area contributed by atoms with E-state index < -0.39 is 5.54 Å². The maximum atomic E-state index is 10.6. The van der Waals surface area contributed by atoms with Gasteiger partial charge in [-0.25, -0.2) is 0 Å². The van der Waals surface area contributed by atoms with Crippen molar-refractivity contribution in [3.8, 4) is 0 Å². The molecule has 0 radical (unpaired) electrons. The molecule has 0 aromatic carbocycles. The zero-order valence-electron chi connectivity index (χ0n) is 7.21. The fraction of sp³-hybridized carbons (Fsp3) is 0.889. The summed E-state index contributed by atoms with van der Waals surface area (Å²) in [6.45, 7) is 1.68. The van der Waals surface area contributed by atoms with Crippen LogP contribution in [-0.4, -0.2) is 25.0 Å². The van der Waals surface area contributed by atoms with Gasteiger partial charge in [0, 0.05) is 13.2 Å². The Balaban J connectivity index is 1.96. The summed E-state index contributed by atoms with van der Waals surface area (Å²) < 4.78 is 5.27. The maximum Gasteiger partial charge on any atom is 0.139 e. The lowest BCUT2D eigenvalue weighted by atomic mass is 9.55. The van der Waals surface area contributed by atoms with Gasteiger partial charge in [0.25, 0.3) is 0 Å². The predicted octanol–water partition coefficient (Wildman–Crippen LogP) is 0.473. The van der Waals surface area contributed by atoms with Crippen molar-refractivity contribution in [3.63, 3.8) is 0 Å². The van der Waals surface area contributed by atoms with Gasteiger partial charge in [0.2, 0.25) is 0 Å². The van der Waals surface area contributed by atoms with Crippen LogP contribution in [0.15, 0.2) is 0 Å². The Morgan fingerprint density at radius 2 is 1.83 bits per heavy atom. The highest BCUT2D eigenvalue weighted by Gasteiger charge is 2.52. The van der Waals surface area contributed by atoms with Gasteiger partial charge in [-0.15, -0.1) is 0 Å². The first kappa shape index (κ1) is 8.20. The van der Waals surface area contributed by atoms with Gasteiger partial charge < -0.3 is 15.3 Å². The standard InChI is InChI=1S/C9H15NO2/c10-9(7-11)5-8(6-9)1-3-12-4-2-8/h7H,1-6,10H2. The largest absolute Gasteiger partial charge is 0.381 e. The van der Waals surface area contributed by atoms with Gasteiger partial charge in [0.05, 0.1) is 5.54 Å². The monoisotopic (exact) mass is 169 g/mol. The molecule has 2 rings (SSSR count). The zero-order valence-corrected chi connectivity index (χ0v) is 7.21. The van der Waals surface area contributed by atoms with Crippen molar-refractivity contribution in [1.29, 1.82) is 0 Å². The van der Waals surface area contributed by atoms with Gasteiger partial charge in [-0.05, 0) is 31.1 Å². The van der Waals surface area contributed by atoms with Crippen LogP contribution in [0.25, 0.3) is 0 Å². The summed E-state index contributed by atoms with van der Waals surface area (Å²) in [4.78, 5) is 10.6. The minimum absolute atomic E-state index is 0.355. The molecule has 0 aromatic rings. The first-order chi connectivity index (χ1) is 5.68. The van der Waals surface area contributed by atoms with Gasteiger partial charge >= 0.3 is 0 Å². The number of nitrogens with two attached hydrogens (primary N) is 1. The summed E-state index contributed by atoms with van der Waals surface area (Å²) in [5.41, 5.74) is 5.65. The van der Waals surface area contributed by atoms with E-state index in [0.717, 1.165) is 45.2 Å². The Bertz CT molecular complexity index is 189. The van der Waals surface area contributed by atoms with E-state index in [-0.39, 0.29) is 0 Å². The van der Waals surface area contributed by atoms with Crippen molar-refractivity contribution >= 4 is 6.29 Å². The summed E-state index contributed by atoms with van der Waals surface area (Å²) in [5, 5.41) is 0. The molecule has 0 bridgehead atoms. The molecule has 1 aliphatic carbocycles. The summed E-state index contributed by atoms with van der Waals surface area (Å²) >= 11 is 0. The van der Waals surface area contributed by atoms with Crippen molar-refractivity contribution in [1.82, 2.24) is 0 Å². The molecular weight excluding hydrogens is 154 g/mol. The average Bonchev–Trinajstić information content (AvgIpc) is 2.04. The smallest absolute Gasteiger partial charge is 0.139 e. The number of rotatable bonds is 1. The molecule has 12 heavy (non-hydrogen) atoms. The van der Waals surface area contributed by atoms with Crippen molar-refractivity contribution in [2.45, 2.75) is 31.2 Å². The van der Waals surface area contributed by atoms with Crippen LogP contribution >= 0.6 is 0 Å². The molecule has 1 aliphatic heterocycles. The molecule has 2 fully saturated rings. The molecule has 3 heteroatoms. The summed E-state index contributed by atoms with van der Waals surface area (Å²) in [7, 11) is 0. The second-order valence-corrected chi connectivity index (χ2v) is 4.32. The third-order valence-electron chi connectivity index (χ3n) is 3.20. The van der Waals surface area contributed by atoms with E-state index in [0.29, 0.717) is 5.41 Å². The van der Waals surface area contributed by atoms with E-state index >= 15 is 0 Å². The fourth-order valence-electron chi connectivity index (χ4n) is 2.59. The van der Waals surface area contributed by atoms with E-state index in [2.05, 4.69) is 0 Å². The second-order valence-electron chi connectivity index (χ2n) is 4.32. The lowest BCUT2D eigenvalue weighted by Gasteiger charge is -2.53. The molecule has 0 unspecified atom stereocenters. The predicted molar refractivity (Wildman–Crippen MR) is 44.7 cm³/mol. The van der Waals surface area contributed by atoms with Crippen molar-refractivity contribution in [3.05, 3.63) is 0 Å². The van der Waals surface area contributed by atoms with Crippen molar-refractivity contribution in [2.24, 2.45) is 11.1 Å². The number of ether oxygens (including phenoxy) is 1. The molecule has 1 saturated carbocycles. The number of carbonyl (C=O) groups excluding carboxylic acids is 1. The molecule has 2 N–H and O–H groups in total. The Morgan fingerprint density at radius 3 is 2.33 bits per heavy atom. The van der Waals surface area contributed by atoms with E-state index in [9.17, 15) is 4.79 Å². The molecule has 1 saturated heterocycles. The van der Waals surface area contributed by atoms with Crippen molar-refractivity contribution in [2.75, 3.05) is 13.2 Å². The first-order valence-corrected chi connectivity index (χ1v) is 4.51. The lowest BCUT2D eigenvalue weighted by molar-refractivity contribution is -0.126. The molecule has 0 aromatic heterocycles. The molecule has 2 aliphatic rings. The van der Waals surface area contributed by atoms with Crippen LogP contribution in [0.5, 0.6) is 0 Å². The number of carbonyl (C=O) groups is 1. The van der Waals surface area contributed by atoms with E-state index in [1.54, 1.807) is 0 Å². The summed E-state index contributed by atoms with van der Waals surface area (Å²) in [6.07, 6.45) is 4.81. The lowest BCUT2D eigenvalue weighted by Crippen LogP contribution is -2.60. The topological polar surface area (TPSA) is 52.3 Å². The van der Waals surface area contributed by atoms with Gasteiger partial charge in [0.15, 0.2) is 0 Å². The van der Waals surface area contributed by atoms with Gasteiger partial charge in [-0.3, -0.25) is 0 Å². The molecule has 1 spiro atoms. The third kappa shape index (κ3) is 1.17. The third-order valence-corrected chi connectivity index (χ3v) is 3.20. The second kappa shape index (κ2) is 2.54. The Kier molecular flexibility index (Phi) is 1.73. The fourth-order valence-corrected chi connectivity index (χ4v) is 2.59. The van der Waals surface area contributed by atoms with Crippen molar-refractivity contribution < 1.29 is 9.53 Å². The number of hydrogen-bond acceptors (Lipinski definition) is 3. The van der Waals surface area contributed by atoms with Crippen LogP contribution in [0.3, 0.4) is 0 Å². The van der Waals surface area contributed by atoms with Crippen LogP contribution in [0.4, 0.5) is 0 Å². The number of hydrogen-bond donors (Lipinski definition) is 1. The maximum absolute atomic E-state index is 10.6. The molecule has 68 valence electrons. The molecular formula is C9H15NO2. The minimum Gasteiger partial charge on any atom is -0.381 e.